The molecule has 0 bridgehead atoms. The fourth-order valence-electron chi connectivity index (χ4n) is 1.92. The minimum absolute atomic E-state index is 0.316. The first kappa shape index (κ1) is 15.0. The molecule has 0 saturated heterocycles. The summed E-state index contributed by atoms with van der Waals surface area (Å²) < 4.78 is 10.6. The van der Waals surface area contributed by atoms with Gasteiger partial charge in [0.2, 0.25) is 6.29 Å². The second kappa shape index (κ2) is 6.78. The van der Waals surface area contributed by atoms with E-state index in [1.54, 1.807) is 21.3 Å². The van der Waals surface area contributed by atoms with Gasteiger partial charge in [-0.1, -0.05) is 6.07 Å². The van der Waals surface area contributed by atoms with Gasteiger partial charge >= 0.3 is 0 Å². The predicted molar refractivity (Wildman–Crippen MR) is 71.7 cm³/mol. The molecule has 1 aromatic carbocycles. The molecule has 5 heteroatoms. The minimum Gasteiger partial charge on any atom is -0.496 e. The Kier molecular flexibility index (Phi) is 5.36. The monoisotopic (exact) mass is 265 g/mol. The van der Waals surface area contributed by atoms with Crippen molar-refractivity contribution in [3.63, 3.8) is 0 Å². The summed E-state index contributed by atoms with van der Waals surface area (Å²) in [6.45, 7) is 2.38. The van der Waals surface area contributed by atoms with Crippen LogP contribution in [0.15, 0.2) is 12.1 Å². The van der Waals surface area contributed by atoms with E-state index in [-0.39, 0.29) is 0 Å². The number of hydrogen-bond donors (Lipinski definition) is 0. The maximum atomic E-state index is 11.2. The fourth-order valence-corrected chi connectivity index (χ4v) is 1.92. The zero-order chi connectivity index (χ0) is 14.4. The normalized spacial score (nSPS) is 9.89. The van der Waals surface area contributed by atoms with Crippen LogP contribution in [0.3, 0.4) is 0 Å². The van der Waals surface area contributed by atoms with Crippen molar-refractivity contribution in [2.45, 2.75) is 13.3 Å². The molecule has 0 atom stereocenters. The van der Waals surface area contributed by atoms with Gasteiger partial charge in [-0.15, -0.1) is 0 Å². The Balaban J connectivity index is 2.87. The highest BCUT2D eigenvalue weighted by Crippen LogP contribution is 2.31. The number of amides is 1. The van der Waals surface area contributed by atoms with Gasteiger partial charge < -0.3 is 14.4 Å². The van der Waals surface area contributed by atoms with Crippen LogP contribution < -0.4 is 9.47 Å². The molecule has 104 valence electrons. The molecule has 1 aromatic rings. The van der Waals surface area contributed by atoms with Gasteiger partial charge in [0.15, 0.2) is 0 Å². The molecular weight excluding hydrogens is 246 g/mol. The van der Waals surface area contributed by atoms with Crippen LogP contribution in [-0.2, 0) is 16.0 Å². The highest BCUT2D eigenvalue weighted by atomic mass is 16.5. The average Bonchev–Trinajstić information content (AvgIpc) is 2.43. The summed E-state index contributed by atoms with van der Waals surface area (Å²) in [7, 11) is 4.81. The lowest BCUT2D eigenvalue weighted by Gasteiger charge is -2.17. The highest BCUT2D eigenvalue weighted by molar-refractivity contribution is 6.23. The molecule has 5 nitrogen and oxygen atoms in total. The Labute approximate surface area is 113 Å². The molecule has 0 heterocycles. The van der Waals surface area contributed by atoms with Crippen LogP contribution in [0, 0.1) is 6.92 Å². The number of ether oxygens (including phenoxy) is 2. The molecule has 0 aliphatic rings. The largest absolute Gasteiger partial charge is 0.496 e. The lowest BCUT2D eigenvalue weighted by molar-refractivity contribution is -0.137. The van der Waals surface area contributed by atoms with Crippen molar-refractivity contribution >= 4 is 12.2 Å². The van der Waals surface area contributed by atoms with E-state index >= 15 is 0 Å². The number of aldehydes is 1. The van der Waals surface area contributed by atoms with Crippen LogP contribution in [0.4, 0.5) is 0 Å². The van der Waals surface area contributed by atoms with Crippen LogP contribution >= 0.6 is 0 Å². The van der Waals surface area contributed by atoms with Crippen LogP contribution in [0.25, 0.3) is 0 Å². The Morgan fingerprint density at radius 2 is 2.00 bits per heavy atom. The van der Waals surface area contributed by atoms with E-state index < -0.39 is 5.91 Å². The van der Waals surface area contributed by atoms with Crippen molar-refractivity contribution in [2.75, 3.05) is 27.8 Å². The fraction of sp³-hybridized carbons (Fsp3) is 0.429. The number of likely N-dealkylation sites (N-methyl/N-ethyl adjacent to an activating group) is 1. The molecule has 0 N–H and O–H groups in total. The Bertz CT molecular complexity index is 471. The third-order valence-corrected chi connectivity index (χ3v) is 3.06. The van der Waals surface area contributed by atoms with Crippen molar-refractivity contribution in [1.82, 2.24) is 4.90 Å². The molecule has 0 aliphatic carbocycles. The van der Waals surface area contributed by atoms with Crippen LogP contribution in [0.2, 0.25) is 0 Å². The van der Waals surface area contributed by atoms with Gasteiger partial charge in [-0.2, -0.15) is 0 Å². The standard InChI is InChI=1S/C14H19NO4/c1-10-12(18-3)6-5-11(14(10)19-4)7-8-15(2)13(17)9-16/h5-6,9H,7-8H2,1-4H3. The summed E-state index contributed by atoms with van der Waals surface area (Å²) in [4.78, 5) is 22.9. The van der Waals surface area contributed by atoms with Gasteiger partial charge in [0.25, 0.3) is 5.91 Å². The van der Waals surface area contributed by atoms with E-state index in [0.29, 0.717) is 19.3 Å². The summed E-state index contributed by atoms with van der Waals surface area (Å²) in [6.07, 6.45) is 0.931. The number of hydrogen-bond acceptors (Lipinski definition) is 4. The van der Waals surface area contributed by atoms with Crippen molar-refractivity contribution in [3.8, 4) is 11.5 Å². The van der Waals surface area contributed by atoms with Crippen LogP contribution in [0.5, 0.6) is 11.5 Å². The number of benzene rings is 1. The topological polar surface area (TPSA) is 55.8 Å². The maximum Gasteiger partial charge on any atom is 0.286 e. The number of methoxy groups -OCH3 is 2. The first-order valence-electron chi connectivity index (χ1n) is 5.95. The smallest absolute Gasteiger partial charge is 0.286 e. The van der Waals surface area contributed by atoms with Crippen molar-refractivity contribution in [3.05, 3.63) is 23.3 Å². The molecule has 0 fully saturated rings. The van der Waals surface area contributed by atoms with Gasteiger partial charge in [-0.05, 0) is 25.0 Å². The van der Waals surface area contributed by atoms with Crippen LogP contribution in [-0.4, -0.2) is 44.9 Å². The number of rotatable bonds is 6. The van der Waals surface area contributed by atoms with E-state index in [9.17, 15) is 9.59 Å². The van der Waals surface area contributed by atoms with E-state index in [0.717, 1.165) is 22.6 Å². The second-order valence-corrected chi connectivity index (χ2v) is 4.21. The van der Waals surface area contributed by atoms with E-state index in [1.165, 1.54) is 4.90 Å². The second-order valence-electron chi connectivity index (χ2n) is 4.21. The molecule has 0 saturated carbocycles. The number of nitrogens with zero attached hydrogens (tertiary/aromatic N) is 1. The Morgan fingerprint density at radius 1 is 1.32 bits per heavy atom. The zero-order valence-electron chi connectivity index (χ0n) is 11.7. The molecular formula is C14H19NO4. The van der Waals surface area contributed by atoms with Crippen molar-refractivity contribution < 1.29 is 19.1 Å². The highest BCUT2D eigenvalue weighted by Gasteiger charge is 2.13. The predicted octanol–water partition coefficient (Wildman–Crippen LogP) is 1.21. The Hall–Kier alpha value is -2.04. The summed E-state index contributed by atoms with van der Waals surface area (Å²) in [5.74, 6) is 0.994. The molecule has 1 rings (SSSR count). The summed E-state index contributed by atoms with van der Waals surface area (Å²) in [5, 5.41) is 0. The third-order valence-electron chi connectivity index (χ3n) is 3.06. The summed E-state index contributed by atoms with van der Waals surface area (Å²) >= 11 is 0. The molecule has 0 aromatic heterocycles. The summed E-state index contributed by atoms with van der Waals surface area (Å²) in [5.41, 5.74) is 1.90. The summed E-state index contributed by atoms with van der Waals surface area (Å²) in [6, 6.07) is 3.78. The minimum atomic E-state index is -0.524. The SMILES string of the molecule is COc1ccc(CCN(C)C(=O)C=O)c(OC)c1C. The molecule has 0 unspecified atom stereocenters. The van der Waals surface area contributed by atoms with Gasteiger partial charge in [-0.3, -0.25) is 9.59 Å². The third kappa shape index (κ3) is 3.47. The number of carbonyl (C=O) groups excluding carboxylic acids is 2. The lowest BCUT2D eigenvalue weighted by atomic mass is 10.1. The van der Waals surface area contributed by atoms with Crippen LogP contribution in [0.1, 0.15) is 11.1 Å². The van der Waals surface area contributed by atoms with E-state index in [2.05, 4.69) is 0 Å². The van der Waals surface area contributed by atoms with Gasteiger partial charge in [0.1, 0.15) is 11.5 Å². The quantitative estimate of drug-likeness (QED) is 0.573. The van der Waals surface area contributed by atoms with Crippen molar-refractivity contribution in [1.29, 1.82) is 0 Å². The first-order chi connectivity index (χ1) is 9.04. The average molecular weight is 265 g/mol. The Morgan fingerprint density at radius 3 is 2.53 bits per heavy atom. The van der Waals surface area contributed by atoms with E-state index in [4.69, 9.17) is 9.47 Å². The molecule has 0 aliphatic heterocycles. The van der Waals surface area contributed by atoms with Crippen molar-refractivity contribution in [2.24, 2.45) is 0 Å². The van der Waals surface area contributed by atoms with Gasteiger partial charge in [-0.25, -0.2) is 0 Å². The first-order valence-corrected chi connectivity index (χ1v) is 5.95. The van der Waals surface area contributed by atoms with Gasteiger partial charge in [0.05, 0.1) is 14.2 Å². The molecule has 1 amide bonds. The molecule has 0 spiro atoms. The lowest BCUT2D eigenvalue weighted by Crippen LogP contribution is -2.29. The zero-order valence-corrected chi connectivity index (χ0v) is 11.7. The maximum absolute atomic E-state index is 11.2. The molecule has 0 radical (unpaired) electrons. The van der Waals surface area contributed by atoms with E-state index in [1.807, 2.05) is 19.1 Å². The van der Waals surface area contributed by atoms with Gasteiger partial charge in [0, 0.05) is 19.2 Å². The molecule has 19 heavy (non-hydrogen) atoms. The number of carbonyl (C=O) groups is 2.